The molecule has 0 atom stereocenters. The third kappa shape index (κ3) is 2.51. The Morgan fingerprint density at radius 3 is 2.67 bits per heavy atom. The topological polar surface area (TPSA) is 70.8 Å². The average molecular weight is 503 g/mol. The largest absolute Gasteiger partial charge is 0.313 e. The summed E-state index contributed by atoms with van der Waals surface area (Å²) in [5.41, 5.74) is 0.167. The van der Waals surface area contributed by atoms with E-state index < -0.39 is 27.0 Å². The number of nitrogens with zero attached hydrogens (tertiary/aromatic N) is 5. The first-order valence-corrected chi connectivity index (χ1v) is 10.7. The third-order valence-corrected chi connectivity index (χ3v) is 7.55. The minimum Gasteiger partial charge on any atom is -0.313 e. The summed E-state index contributed by atoms with van der Waals surface area (Å²) in [4.78, 5) is 5.59. The van der Waals surface area contributed by atoms with Gasteiger partial charge in [0.2, 0.25) is 16.0 Å². The number of anilines is 3. The second-order valence-corrected chi connectivity index (χ2v) is 9.82. The SMILES string of the molecule is O=S(=O)(C1CC1)N1CN(c2ccc(I)cc2F)c2c1nc1ccnn1c2F. The lowest BCUT2D eigenvalue weighted by Gasteiger charge is -2.21. The molecule has 0 unspecified atom stereocenters. The molecule has 0 spiro atoms. The molecule has 3 aromatic rings. The minimum atomic E-state index is -3.70. The lowest BCUT2D eigenvalue weighted by atomic mass is 10.2. The van der Waals surface area contributed by atoms with Crippen molar-refractivity contribution in [1.29, 1.82) is 0 Å². The van der Waals surface area contributed by atoms with Gasteiger partial charge in [-0.1, -0.05) is 0 Å². The molecule has 7 nitrogen and oxygen atoms in total. The van der Waals surface area contributed by atoms with E-state index >= 15 is 4.39 Å². The van der Waals surface area contributed by atoms with Crippen LogP contribution in [0.4, 0.5) is 26.0 Å². The van der Waals surface area contributed by atoms with Crippen molar-refractivity contribution >= 4 is 55.5 Å². The molecule has 11 heteroatoms. The maximum absolute atomic E-state index is 15.2. The molecule has 1 aliphatic heterocycles. The van der Waals surface area contributed by atoms with Crippen LogP contribution in [0.1, 0.15) is 12.8 Å². The molecule has 0 amide bonds. The van der Waals surface area contributed by atoms with Crippen LogP contribution in [0.3, 0.4) is 0 Å². The van der Waals surface area contributed by atoms with Crippen LogP contribution in [0.15, 0.2) is 30.5 Å². The van der Waals surface area contributed by atoms with Crippen LogP contribution < -0.4 is 9.21 Å². The van der Waals surface area contributed by atoms with Crippen LogP contribution in [-0.4, -0.2) is 34.9 Å². The highest BCUT2D eigenvalue weighted by atomic mass is 127. The van der Waals surface area contributed by atoms with Crippen molar-refractivity contribution < 1.29 is 17.2 Å². The van der Waals surface area contributed by atoms with Gasteiger partial charge in [-0.3, -0.25) is 0 Å². The predicted molar refractivity (Wildman–Crippen MR) is 103 cm³/mol. The molecule has 2 aliphatic rings. The number of aromatic nitrogens is 3. The quantitative estimate of drug-likeness (QED) is 0.406. The van der Waals surface area contributed by atoms with E-state index in [9.17, 15) is 12.8 Å². The van der Waals surface area contributed by atoms with E-state index in [-0.39, 0.29) is 29.5 Å². The highest BCUT2D eigenvalue weighted by Crippen LogP contribution is 2.46. The number of fused-ring (bicyclic) bond motifs is 2. The van der Waals surface area contributed by atoms with Crippen LogP contribution in [-0.2, 0) is 10.0 Å². The fraction of sp³-hybridized carbons (Fsp3) is 0.250. The maximum Gasteiger partial charge on any atom is 0.243 e. The smallest absolute Gasteiger partial charge is 0.243 e. The van der Waals surface area contributed by atoms with Crippen LogP contribution in [0.5, 0.6) is 0 Å². The van der Waals surface area contributed by atoms with Gasteiger partial charge in [-0.2, -0.15) is 14.0 Å². The molecular weight excluding hydrogens is 491 g/mol. The minimum absolute atomic E-state index is 0.0367. The van der Waals surface area contributed by atoms with E-state index in [1.165, 1.54) is 29.3 Å². The first-order chi connectivity index (χ1) is 12.9. The summed E-state index contributed by atoms with van der Waals surface area (Å²) < 4.78 is 58.3. The monoisotopic (exact) mass is 503 g/mol. The Bertz CT molecular complexity index is 1190. The van der Waals surface area contributed by atoms with E-state index in [4.69, 9.17) is 0 Å². The highest BCUT2D eigenvalue weighted by molar-refractivity contribution is 14.1. The summed E-state index contributed by atoms with van der Waals surface area (Å²) in [7, 11) is -3.70. The fourth-order valence-electron chi connectivity index (χ4n) is 3.20. The molecule has 0 N–H and O–H groups in total. The van der Waals surface area contributed by atoms with Crippen LogP contribution in [0, 0.1) is 15.3 Å². The van der Waals surface area contributed by atoms with Gasteiger partial charge < -0.3 is 4.90 Å². The van der Waals surface area contributed by atoms with Gasteiger partial charge in [-0.15, -0.1) is 0 Å². The molecule has 27 heavy (non-hydrogen) atoms. The molecule has 1 fully saturated rings. The fourth-order valence-corrected chi connectivity index (χ4v) is 5.39. The zero-order valence-electron chi connectivity index (χ0n) is 13.7. The Hall–Kier alpha value is -2.02. The zero-order chi connectivity index (χ0) is 18.9. The standard InChI is InChI=1S/C16H12F2IN5O2S/c17-11-7-9(19)1-4-12(11)22-8-23(27(25,26)10-2-3-10)16-14(22)15(18)24-13(21-16)5-6-20-24/h1,4-7,10H,2-3,8H2. The first kappa shape index (κ1) is 17.1. The number of hydrogen-bond donors (Lipinski definition) is 0. The number of sulfonamides is 1. The Morgan fingerprint density at radius 2 is 1.96 bits per heavy atom. The van der Waals surface area contributed by atoms with Crippen molar-refractivity contribution in [1.82, 2.24) is 14.6 Å². The van der Waals surface area contributed by atoms with E-state index in [0.29, 0.717) is 16.4 Å². The second kappa shape index (κ2) is 5.74. The summed E-state index contributed by atoms with van der Waals surface area (Å²) >= 11 is 1.97. The molecule has 2 aromatic heterocycles. The lowest BCUT2D eigenvalue weighted by molar-refractivity contribution is 0.543. The molecule has 1 aliphatic carbocycles. The van der Waals surface area contributed by atoms with Gasteiger partial charge in [0, 0.05) is 9.64 Å². The predicted octanol–water partition coefficient (Wildman–Crippen LogP) is 3.02. The molecule has 3 heterocycles. The zero-order valence-corrected chi connectivity index (χ0v) is 16.7. The van der Waals surface area contributed by atoms with Crippen LogP contribution in [0.2, 0.25) is 0 Å². The van der Waals surface area contributed by atoms with E-state index in [0.717, 1.165) is 8.82 Å². The van der Waals surface area contributed by atoms with Gasteiger partial charge in [0.25, 0.3) is 0 Å². The van der Waals surface area contributed by atoms with Crippen molar-refractivity contribution in [3.63, 3.8) is 0 Å². The van der Waals surface area contributed by atoms with Crippen molar-refractivity contribution in [2.24, 2.45) is 0 Å². The van der Waals surface area contributed by atoms with Crippen LogP contribution in [0.25, 0.3) is 5.65 Å². The summed E-state index contributed by atoms with van der Waals surface area (Å²) in [6.07, 6.45) is 2.49. The molecule has 140 valence electrons. The van der Waals surface area contributed by atoms with Crippen molar-refractivity contribution in [2.45, 2.75) is 18.1 Å². The van der Waals surface area contributed by atoms with Gasteiger partial charge in [-0.25, -0.2) is 22.1 Å². The van der Waals surface area contributed by atoms with Crippen LogP contribution >= 0.6 is 22.6 Å². The van der Waals surface area contributed by atoms with Crippen molar-refractivity contribution in [3.8, 4) is 0 Å². The number of benzene rings is 1. The number of hydrogen-bond acceptors (Lipinski definition) is 5. The first-order valence-electron chi connectivity index (χ1n) is 8.15. The Balaban J connectivity index is 1.76. The maximum atomic E-state index is 15.2. The summed E-state index contributed by atoms with van der Waals surface area (Å²) in [5, 5.41) is 3.38. The van der Waals surface area contributed by atoms with Gasteiger partial charge >= 0.3 is 0 Å². The van der Waals surface area contributed by atoms with Gasteiger partial charge in [0.05, 0.1) is 17.1 Å². The average Bonchev–Trinajstić information content (AvgIpc) is 3.26. The summed E-state index contributed by atoms with van der Waals surface area (Å²) in [5.74, 6) is -1.39. The van der Waals surface area contributed by atoms with E-state index in [2.05, 4.69) is 10.1 Å². The molecule has 1 saturated carbocycles. The van der Waals surface area contributed by atoms with E-state index in [1.54, 1.807) is 6.07 Å². The van der Waals surface area contributed by atoms with Gasteiger partial charge in [-0.05, 0) is 53.6 Å². The molecular formula is C16H12F2IN5O2S. The Kier molecular flexibility index (Phi) is 3.63. The lowest BCUT2D eigenvalue weighted by Crippen LogP contribution is -2.36. The van der Waals surface area contributed by atoms with E-state index in [1.807, 2.05) is 22.6 Å². The van der Waals surface area contributed by atoms with Crippen molar-refractivity contribution in [2.75, 3.05) is 15.9 Å². The van der Waals surface area contributed by atoms with Gasteiger partial charge in [0.1, 0.15) is 18.2 Å². The Labute approximate surface area is 166 Å². The summed E-state index contributed by atoms with van der Waals surface area (Å²) in [6, 6.07) is 5.97. The molecule has 1 aromatic carbocycles. The number of rotatable bonds is 3. The second-order valence-electron chi connectivity index (χ2n) is 6.43. The molecule has 0 bridgehead atoms. The third-order valence-electron chi connectivity index (χ3n) is 4.67. The molecule has 0 saturated heterocycles. The summed E-state index contributed by atoms with van der Waals surface area (Å²) in [6.45, 7) is -0.233. The number of halogens is 3. The van der Waals surface area contributed by atoms with Gasteiger partial charge in [0.15, 0.2) is 11.5 Å². The molecule has 0 radical (unpaired) electrons. The van der Waals surface area contributed by atoms with Crippen molar-refractivity contribution in [3.05, 3.63) is 45.8 Å². The molecule has 5 rings (SSSR count). The highest BCUT2D eigenvalue weighted by Gasteiger charge is 2.47. The normalized spacial score (nSPS) is 17.0. The Morgan fingerprint density at radius 1 is 1.19 bits per heavy atom.